The number of para-hydroxylation sites is 1. The Morgan fingerprint density at radius 1 is 1.26 bits per heavy atom. The van der Waals surface area contributed by atoms with Crippen LogP contribution in [0, 0.1) is 17.8 Å². The molecule has 0 spiro atoms. The average molecular weight is 261 g/mol. The molecule has 0 aromatic heterocycles. The van der Waals surface area contributed by atoms with Crippen molar-refractivity contribution in [2.75, 3.05) is 5.32 Å². The minimum Gasteiger partial charge on any atom is -0.392 e. The third-order valence-electron chi connectivity index (χ3n) is 4.55. The number of rotatable bonds is 4. The zero-order valence-corrected chi connectivity index (χ0v) is 12.4. The van der Waals surface area contributed by atoms with Crippen LogP contribution < -0.4 is 5.32 Å². The Labute approximate surface area is 117 Å². The Hall–Kier alpha value is -1.02. The molecule has 2 rings (SSSR count). The first-order valence-electron chi connectivity index (χ1n) is 7.57. The summed E-state index contributed by atoms with van der Waals surface area (Å²) in [5.41, 5.74) is 2.11. The van der Waals surface area contributed by atoms with Crippen molar-refractivity contribution in [2.45, 2.75) is 52.7 Å². The van der Waals surface area contributed by atoms with E-state index in [1.165, 1.54) is 19.3 Å². The molecule has 1 aliphatic rings. The summed E-state index contributed by atoms with van der Waals surface area (Å²) in [7, 11) is 0. The maximum atomic E-state index is 9.43. The van der Waals surface area contributed by atoms with Gasteiger partial charge in [-0.05, 0) is 36.7 Å². The molecular formula is C17H27NO. The summed E-state index contributed by atoms with van der Waals surface area (Å²) in [4.78, 5) is 0. The number of anilines is 1. The van der Waals surface area contributed by atoms with Gasteiger partial charge in [-0.15, -0.1) is 0 Å². The number of hydrogen-bond donors (Lipinski definition) is 2. The molecule has 1 aliphatic carbocycles. The molecule has 1 fully saturated rings. The van der Waals surface area contributed by atoms with Gasteiger partial charge in [0.1, 0.15) is 0 Å². The van der Waals surface area contributed by atoms with Gasteiger partial charge in [0.15, 0.2) is 0 Å². The second-order valence-corrected chi connectivity index (χ2v) is 6.39. The highest BCUT2D eigenvalue weighted by molar-refractivity contribution is 5.51. The standard InChI is InChI=1S/C17H27NO/c1-12(2)15-9-8-13(3)10-17(15)18-16-7-5-4-6-14(16)11-19/h4-7,12-13,15,17-19H,8-11H2,1-3H3. The lowest BCUT2D eigenvalue weighted by atomic mass is 9.74. The third kappa shape index (κ3) is 3.50. The van der Waals surface area contributed by atoms with Gasteiger partial charge in [0, 0.05) is 17.3 Å². The second kappa shape index (κ2) is 6.42. The maximum Gasteiger partial charge on any atom is 0.0701 e. The van der Waals surface area contributed by atoms with E-state index in [-0.39, 0.29) is 6.61 Å². The van der Waals surface area contributed by atoms with Crippen LogP contribution in [0.1, 0.15) is 45.6 Å². The van der Waals surface area contributed by atoms with Crippen molar-refractivity contribution < 1.29 is 5.11 Å². The first-order valence-corrected chi connectivity index (χ1v) is 7.57. The van der Waals surface area contributed by atoms with Crippen LogP contribution in [0.15, 0.2) is 24.3 Å². The van der Waals surface area contributed by atoms with E-state index in [0.29, 0.717) is 12.0 Å². The second-order valence-electron chi connectivity index (χ2n) is 6.39. The summed E-state index contributed by atoms with van der Waals surface area (Å²) in [6, 6.07) is 8.65. The van der Waals surface area contributed by atoms with Crippen LogP contribution in [0.2, 0.25) is 0 Å². The molecule has 0 amide bonds. The van der Waals surface area contributed by atoms with Gasteiger partial charge < -0.3 is 10.4 Å². The van der Waals surface area contributed by atoms with Gasteiger partial charge in [-0.25, -0.2) is 0 Å². The number of aliphatic hydroxyl groups excluding tert-OH is 1. The van der Waals surface area contributed by atoms with Crippen LogP contribution in [0.25, 0.3) is 0 Å². The van der Waals surface area contributed by atoms with Crippen molar-refractivity contribution in [2.24, 2.45) is 17.8 Å². The van der Waals surface area contributed by atoms with E-state index < -0.39 is 0 Å². The van der Waals surface area contributed by atoms with Crippen LogP contribution in [0.4, 0.5) is 5.69 Å². The summed E-state index contributed by atoms with van der Waals surface area (Å²) >= 11 is 0. The van der Waals surface area contributed by atoms with Crippen molar-refractivity contribution in [3.63, 3.8) is 0 Å². The Balaban J connectivity index is 2.14. The van der Waals surface area contributed by atoms with E-state index in [0.717, 1.165) is 23.1 Å². The molecule has 0 saturated heterocycles. The van der Waals surface area contributed by atoms with Gasteiger partial charge in [0.05, 0.1) is 6.61 Å². The lowest BCUT2D eigenvalue weighted by molar-refractivity contribution is 0.211. The van der Waals surface area contributed by atoms with Crippen molar-refractivity contribution in [1.29, 1.82) is 0 Å². The Morgan fingerprint density at radius 2 is 2.00 bits per heavy atom. The molecule has 0 bridgehead atoms. The quantitative estimate of drug-likeness (QED) is 0.857. The van der Waals surface area contributed by atoms with E-state index in [4.69, 9.17) is 0 Å². The van der Waals surface area contributed by atoms with Gasteiger partial charge in [-0.1, -0.05) is 45.4 Å². The van der Waals surface area contributed by atoms with Crippen LogP contribution in [-0.2, 0) is 6.61 Å². The van der Waals surface area contributed by atoms with E-state index in [1.807, 2.05) is 18.2 Å². The van der Waals surface area contributed by atoms with Crippen LogP contribution in [-0.4, -0.2) is 11.1 Å². The van der Waals surface area contributed by atoms with Gasteiger partial charge in [-0.2, -0.15) is 0 Å². The highest BCUT2D eigenvalue weighted by Crippen LogP contribution is 2.35. The lowest BCUT2D eigenvalue weighted by Crippen LogP contribution is -2.38. The molecule has 0 aliphatic heterocycles. The number of hydrogen-bond acceptors (Lipinski definition) is 2. The van der Waals surface area contributed by atoms with E-state index in [1.54, 1.807) is 0 Å². The normalized spacial score (nSPS) is 27.5. The fraction of sp³-hybridized carbons (Fsp3) is 0.647. The number of benzene rings is 1. The molecule has 1 saturated carbocycles. The molecule has 19 heavy (non-hydrogen) atoms. The summed E-state index contributed by atoms with van der Waals surface area (Å²) in [6.07, 6.45) is 3.91. The first kappa shape index (κ1) is 14.4. The van der Waals surface area contributed by atoms with E-state index >= 15 is 0 Å². The van der Waals surface area contributed by atoms with Gasteiger partial charge in [0.25, 0.3) is 0 Å². The molecule has 1 aromatic rings. The Morgan fingerprint density at radius 3 is 2.68 bits per heavy atom. The summed E-state index contributed by atoms with van der Waals surface area (Å²) in [5.74, 6) is 2.25. The summed E-state index contributed by atoms with van der Waals surface area (Å²) in [6.45, 7) is 7.11. The fourth-order valence-electron chi connectivity index (χ4n) is 3.37. The average Bonchev–Trinajstić information content (AvgIpc) is 2.39. The smallest absolute Gasteiger partial charge is 0.0701 e. The SMILES string of the molecule is CC1CCC(C(C)C)C(Nc2ccccc2CO)C1. The maximum absolute atomic E-state index is 9.43. The van der Waals surface area contributed by atoms with Crippen LogP contribution >= 0.6 is 0 Å². The summed E-state index contributed by atoms with van der Waals surface area (Å²) < 4.78 is 0. The van der Waals surface area contributed by atoms with Crippen molar-refractivity contribution in [1.82, 2.24) is 0 Å². The molecule has 0 heterocycles. The predicted molar refractivity (Wildman–Crippen MR) is 81.1 cm³/mol. The predicted octanol–water partition coefficient (Wildman–Crippen LogP) is 4.05. The topological polar surface area (TPSA) is 32.3 Å². The molecule has 106 valence electrons. The zero-order valence-electron chi connectivity index (χ0n) is 12.4. The third-order valence-corrected chi connectivity index (χ3v) is 4.55. The van der Waals surface area contributed by atoms with Gasteiger partial charge >= 0.3 is 0 Å². The Bertz CT molecular complexity index is 402. The fourth-order valence-corrected chi connectivity index (χ4v) is 3.37. The van der Waals surface area contributed by atoms with Crippen molar-refractivity contribution in [3.05, 3.63) is 29.8 Å². The van der Waals surface area contributed by atoms with Crippen LogP contribution in [0.5, 0.6) is 0 Å². The molecule has 3 unspecified atom stereocenters. The van der Waals surface area contributed by atoms with E-state index in [2.05, 4.69) is 32.2 Å². The van der Waals surface area contributed by atoms with Crippen molar-refractivity contribution in [3.8, 4) is 0 Å². The zero-order chi connectivity index (χ0) is 13.8. The molecule has 2 nitrogen and oxygen atoms in total. The Kier molecular flexibility index (Phi) is 4.87. The largest absolute Gasteiger partial charge is 0.392 e. The summed E-state index contributed by atoms with van der Waals surface area (Å²) in [5, 5.41) is 13.1. The molecule has 1 aromatic carbocycles. The first-order chi connectivity index (χ1) is 9.11. The minimum absolute atomic E-state index is 0.109. The van der Waals surface area contributed by atoms with Gasteiger partial charge in [-0.3, -0.25) is 0 Å². The highest BCUT2D eigenvalue weighted by Gasteiger charge is 2.30. The minimum atomic E-state index is 0.109. The molecule has 0 radical (unpaired) electrons. The van der Waals surface area contributed by atoms with Crippen LogP contribution in [0.3, 0.4) is 0 Å². The lowest BCUT2D eigenvalue weighted by Gasteiger charge is -2.38. The number of aliphatic hydroxyl groups is 1. The molecule has 2 heteroatoms. The highest BCUT2D eigenvalue weighted by atomic mass is 16.3. The number of nitrogens with one attached hydrogen (secondary N) is 1. The molecule has 3 atom stereocenters. The molecule has 2 N–H and O–H groups in total. The van der Waals surface area contributed by atoms with Crippen molar-refractivity contribution >= 4 is 5.69 Å². The van der Waals surface area contributed by atoms with Gasteiger partial charge in [0.2, 0.25) is 0 Å². The monoisotopic (exact) mass is 261 g/mol. The molecular weight excluding hydrogens is 234 g/mol. The van der Waals surface area contributed by atoms with E-state index in [9.17, 15) is 5.11 Å².